The Kier molecular flexibility index (Phi) is 8.96. The van der Waals surface area contributed by atoms with E-state index in [1.807, 2.05) is 37.3 Å². The summed E-state index contributed by atoms with van der Waals surface area (Å²) in [6, 6.07) is 13.8. The topological polar surface area (TPSA) is 84.5 Å². The van der Waals surface area contributed by atoms with E-state index in [0.29, 0.717) is 5.02 Å². The fourth-order valence-electron chi connectivity index (χ4n) is 2.62. The quantitative estimate of drug-likeness (QED) is 0.583. The van der Waals surface area contributed by atoms with E-state index in [1.54, 1.807) is 0 Å². The van der Waals surface area contributed by atoms with Gasteiger partial charge in [-0.25, -0.2) is 0 Å². The Morgan fingerprint density at radius 3 is 2.41 bits per heavy atom. The van der Waals surface area contributed by atoms with Crippen molar-refractivity contribution in [2.75, 3.05) is 13.2 Å². The van der Waals surface area contributed by atoms with Gasteiger partial charge in [-0.05, 0) is 30.2 Å². The van der Waals surface area contributed by atoms with Crippen LogP contribution >= 0.6 is 23.2 Å². The second-order valence-corrected chi connectivity index (χ2v) is 7.11. The lowest BCUT2D eigenvalue weighted by atomic mass is 10.0. The Bertz CT molecular complexity index is 859. The summed E-state index contributed by atoms with van der Waals surface area (Å²) in [5, 5.41) is 5.83. The molecular formula is C21H22Cl2N2O4. The number of carbonyl (C=O) groups is 3. The van der Waals surface area contributed by atoms with Crippen molar-refractivity contribution >= 4 is 41.0 Å². The van der Waals surface area contributed by atoms with E-state index in [2.05, 4.69) is 10.6 Å². The SMILES string of the molecule is CCCC(NC(=O)COC(=O)CNC(=O)c1ccc(Cl)c(Cl)c1)c1ccccc1. The van der Waals surface area contributed by atoms with Gasteiger partial charge in [-0.3, -0.25) is 14.4 Å². The number of benzene rings is 2. The first-order valence-corrected chi connectivity index (χ1v) is 9.89. The van der Waals surface area contributed by atoms with Crippen LogP contribution in [0.3, 0.4) is 0 Å². The third-order valence-corrected chi connectivity index (χ3v) is 4.79. The minimum Gasteiger partial charge on any atom is -0.454 e. The molecule has 2 rings (SSSR count). The lowest BCUT2D eigenvalue weighted by Crippen LogP contribution is -2.35. The normalized spacial score (nSPS) is 11.4. The van der Waals surface area contributed by atoms with Crippen LogP contribution in [0.2, 0.25) is 10.0 Å². The number of esters is 1. The molecule has 2 N–H and O–H groups in total. The first kappa shape index (κ1) is 22.7. The van der Waals surface area contributed by atoms with Crippen LogP contribution in [0.5, 0.6) is 0 Å². The average Bonchev–Trinajstić information content (AvgIpc) is 2.72. The van der Waals surface area contributed by atoms with Gasteiger partial charge in [0.15, 0.2) is 6.61 Å². The predicted octanol–water partition coefficient (Wildman–Crippen LogP) is 3.92. The van der Waals surface area contributed by atoms with Crippen molar-refractivity contribution in [3.63, 3.8) is 0 Å². The van der Waals surface area contributed by atoms with Crippen LogP contribution < -0.4 is 10.6 Å². The number of nitrogens with one attached hydrogen (secondary N) is 2. The second-order valence-electron chi connectivity index (χ2n) is 6.29. The van der Waals surface area contributed by atoms with Crippen molar-refractivity contribution in [3.05, 3.63) is 69.7 Å². The zero-order valence-electron chi connectivity index (χ0n) is 15.9. The van der Waals surface area contributed by atoms with Gasteiger partial charge in [0.1, 0.15) is 6.54 Å². The lowest BCUT2D eigenvalue weighted by molar-refractivity contribution is -0.147. The van der Waals surface area contributed by atoms with Gasteiger partial charge in [0.25, 0.3) is 11.8 Å². The number of carbonyl (C=O) groups excluding carboxylic acids is 3. The standard InChI is InChI=1S/C21H22Cl2N2O4/c1-2-6-18(14-7-4-3-5-8-14)25-19(26)13-29-20(27)12-24-21(28)15-9-10-16(22)17(23)11-15/h3-5,7-11,18H,2,6,12-13H2,1H3,(H,24,28)(H,25,26). The zero-order chi connectivity index (χ0) is 21.2. The summed E-state index contributed by atoms with van der Waals surface area (Å²) in [5.41, 5.74) is 1.25. The maximum Gasteiger partial charge on any atom is 0.325 e. The van der Waals surface area contributed by atoms with E-state index in [1.165, 1.54) is 18.2 Å². The molecule has 1 unspecified atom stereocenters. The molecule has 29 heavy (non-hydrogen) atoms. The van der Waals surface area contributed by atoms with E-state index >= 15 is 0 Å². The molecule has 2 amide bonds. The zero-order valence-corrected chi connectivity index (χ0v) is 17.4. The molecule has 8 heteroatoms. The van der Waals surface area contributed by atoms with Gasteiger partial charge in [-0.15, -0.1) is 0 Å². The molecule has 0 bridgehead atoms. The van der Waals surface area contributed by atoms with Crippen LogP contribution in [0.4, 0.5) is 0 Å². The molecular weight excluding hydrogens is 415 g/mol. The smallest absolute Gasteiger partial charge is 0.325 e. The summed E-state index contributed by atoms with van der Waals surface area (Å²) in [6.45, 7) is 1.23. The van der Waals surface area contributed by atoms with Gasteiger partial charge in [-0.2, -0.15) is 0 Å². The van der Waals surface area contributed by atoms with Gasteiger partial charge >= 0.3 is 5.97 Å². The highest BCUT2D eigenvalue weighted by atomic mass is 35.5. The summed E-state index contributed by atoms with van der Waals surface area (Å²) in [5.74, 6) is -1.63. The molecule has 0 aliphatic heterocycles. The molecule has 0 saturated heterocycles. The largest absolute Gasteiger partial charge is 0.454 e. The van der Waals surface area contributed by atoms with Crippen LogP contribution in [0.15, 0.2) is 48.5 Å². The summed E-state index contributed by atoms with van der Waals surface area (Å²) >= 11 is 11.7. The molecule has 0 spiro atoms. The molecule has 0 aliphatic carbocycles. The number of halogens is 2. The van der Waals surface area contributed by atoms with Gasteiger partial charge in [-0.1, -0.05) is 66.9 Å². The molecule has 2 aromatic rings. The molecule has 2 aromatic carbocycles. The summed E-state index contributed by atoms with van der Waals surface area (Å²) < 4.78 is 4.93. The van der Waals surface area contributed by atoms with E-state index in [0.717, 1.165) is 18.4 Å². The molecule has 0 aromatic heterocycles. The summed E-state index contributed by atoms with van der Waals surface area (Å²) in [7, 11) is 0. The third-order valence-electron chi connectivity index (χ3n) is 4.05. The van der Waals surface area contributed by atoms with E-state index in [9.17, 15) is 14.4 Å². The van der Waals surface area contributed by atoms with Crippen molar-refractivity contribution in [2.24, 2.45) is 0 Å². The first-order chi connectivity index (χ1) is 13.9. The van der Waals surface area contributed by atoms with Crippen molar-refractivity contribution in [2.45, 2.75) is 25.8 Å². The van der Waals surface area contributed by atoms with Gasteiger partial charge < -0.3 is 15.4 Å². The lowest BCUT2D eigenvalue weighted by Gasteiger charge is -2.18. The molecule has 6 nitrogen and oxygen atoms in total. The summed E-state index contributed by atoms with van der Waals surface area (Å²) in [6.07, 6.45) is 1.66. The van der Waals surface area contributed by atoms with E-state index < -0.39 is 24.4 Å². The molecule has 0 saturated carbocycles. The molecule has 154 valence electrons. The highest BCUT2D eigenvalue weighted by Crippen LogP contribution is 2.22. The van der Waals surface area contributed by atoms with E-state index in [4.69, 9.17) is 27.9 Å². The van der Waals surface area contributed by atoms with Crippen LogP contribution in [0.1, 0.15) is 41.7 Å². The highest BCUT2D eigenvalue weighted by Gasteiger charge is 2.16. The van der Waals surface area contributed by atoms with Crippen molar-refractivity contribution in [3.8, 4) is 0 Å². The molecule has 0 heterocycles. The van der Waals surface area contributed by atoms with E-state index in [-0.39, 0.29) is 23.2 Å². The van der Waals surface area contributed by atoms with Crippen LogP contribution in [-0.2, 0) is 14.3 Å². The van der Waals surface area contributed by atoms with Gasteiger partial charge in [0.2, 0.25) is 0 Å². The van der Waals surface area contributed by atoms with Crippen LogP contribution in [0, 0.1) is 0 Å². The van der Waals surface area contributed by atoms with Crippen LogP contribution in [0.25, 0.3) is 0 Å². The highest BCUT2D eigenvalue weighted by molar-refractivity contribution is 6.42. The monoisotopic (exact) mass is 436 g/mol. The molecule has 0 radical (unpaired) electrons. The van der Waals surface area contributed by atoms with Crippen molar-refractivity contribution < 1.29 is 19.1 Å². The minimum absolute atomic E-state index is 0.151. The minimum atomic E-state index is -0.722. The molecule has 0 fully saturated rings. The Hall–Kier alpha value is -2.57. The third kappa shape index (κ3) is 7.40. The number of ether oxygens (including phenoxy) is 1. The van der Waals surface area contributed by atoms with Crippen molar-refractivity contribution in [1.82, 2.24) is 10.6 Å². The Morgan fingerprint density at radius 2 is 1.76 bits per heavy atom. The fourth-order valence-corrected chi connectivity index (χ4v) is 2.92. The first-order valence-electron chi connectivity index (χ1n) is 9.14. The number of rotatable bonds is 9. The predicted molar refractivity (Wildman–Crippen MR) is 112 cm³/mol. The Morgan fingerprint density at radius 1 is 1.03 bits per heavy atom. The fraction of sp³-hybridized carbons (Fsp3) is 0.286. The van der Waals surface area contributed by atoms with Crippen molar-refractivity contribution in [1.29, 1.82) is 0 Å². The molecule has 1 atom stereocenters. The Labute approximate surface area is 179 Å². The number of hydrogen-bond acceptors (Lipinski definition) is 4. The van der Waals surface area contributed by atoms with Gasteiger partial charge in [0.05, 0.1) is 16.1 Å². The average molecular weight is 437 g/mol. The number of hydrogen-bond donors (Lipinski definition) is 2. The van der Waals surface area contributed by atoms with Gasteiger partial charge in [0, 0.05) is 5.56 Å². The summed E-state index contributed by atoms with van der Waals surface area (Å²) in [4.78, 5) is 36.0. The molecule has 0 aliphatic rings. The Balaban J connectivity index is 1.78. The maximum absolute atomic E-state index is 12.1. The van der Waals surface area contributed by atoms with Crippen LogP contribution in [-0.4, -0.2) is 30.9 Å². The maximum atomic E-state index is 12.1. The second kappa shape index (κ2) is 11.4. The number of amides is 2.